The lowest BCUT2D eigenvalue weighted by Gasteiger charge is -2.28. The van der Waals surface area contributed by atoms with Gasteiger partial charge in [-0.25, -0.2) is 0 Å². The zero-order valence-corrected chi connectivity index (χ0v) is 11.8. The molecule has 0 aliphatic heterocycles. The van der Waals surface area contributed by atoms with Gasteiger partial charge < -0.3 is 0 Å². The van der Waals surface area contributed by atoms with Gasteiger partial charge in [-0.3, -0.25) is 4.98 Å². The predicted molar refractivity (Wildman–Crippen MR) is 73.8 cm³/mol. The van der Waals surface area contributed by atoms with Gasteiger partial charge in [-0.05, 0) is 43.2 Å². The number of hydrogen-bond donors (Lipinski definition) is 0. The van der Waals surface area contributed by atoms with Crippen LogP contribution in [-0.4, -0.2) is 4.98 Å². The number of fused-ring (bicyclic) bond motifs is 1. The third-order valence-electron chi connectivity index (χ3n) is 3.76. The largest absolute Gasteiger partial charge is 0.257 e. The van der Waals surface area contributed by atoms with E-state index >= 15 is 0 Å². The molecule has 1 unspecified atom stereocenters. The van der Waals surface area contributed by atoms with Crippen LogP contribution in [0.25, 0.3) is 0 Å². The van der Waals surface area contributed by atoms with Crippen molar-refractivity contribution in [3.63, 3.8) is 0 Å². The Morgan fingerprint density at radius 1 is 1.47 bits per heavy atom. The molecule has 0 radical (unpaired) electrons. The van der Waals surface area contributed by atoms with Gasteiger partial charge in [-0.2, -0.15) is 0 Å². The van der Waals surface area contributed by atoms with Crippen LogP contribution in [0.1, 0.15) is 62.9 Å². The van der Waals surface area contributed by atoms with Gasteiger partial charge in [0.25, 0.3) is 0 Å². The first-order valence-electron chi connectivity index (χ1n) is 6.81. The van der Waals surface area contributed by atoms with E-state index in [0.29, 0.717) is 11.8 Å². The second-order valence-corrected chi connectivity index (χ2v) is 5.86. The van der Waals surface area contributed by atoms with E-state index in [9.17, 15) is 0 Å². The molecule has 0 aromatic carbocycles. The first-order chi connectivity index (χ1) is 8.13. The van der Waals surface area contributed by atoms with E-state index in [1.807, 2.05) is 0 Å². The maximum absolute atomic E-state index is 6.41. The molecule has 1 nitrogen and oxygen atoms in total. The SMILES string of the molecule is CCCc1cc(Cl)c2c(n1)C(C(C)C)CCC2. The molecule has 1 aliphatic carbocycles. The Hall–Kier alpha value is -0.560. The van der Waals surface area contributed by atoms with E-state index in [0.717, 1.165) is 24.3 Å². The number of hydrogen-bond acceptors (Lipinski definition) is 1. The highest BCUT2D eigenvalue weighted by Gasteiger charge is 2.26. The van der Waals surface area contributed by atoms with Crippen LogP contribution in [0.15, 0.2) is 6.07 Å². The molecule has 94 valence electrons. The third kappa shape index (κ3) is 2.65. The summed E-state index contributed by atoms with van der Waals surface area (Å²) in [5, 5.41) is 0.948. The summed E-state index contributed by atoms with van der Waals surface area (Å²) in [4.78, 5) is 4.88. The molecule has 2 heteroatoms. The van der Waals surface area contributed by atoms with E-state index in [1.54, 1.807) is 0 Å². The van der Waals surface area contributed by atoms with Gasteiger partial charge in [0.15, 0.2) is 0 Å². The van der Waals surface area contributed by atoms with Crippen molar-refractivity contribution in [2.75, 3.05) is 0 Å². The summed E-state index contributed by atoms with van der Waals surface area (Å²) in [5.74, 6) is 1.27. The Kier molecular flexibility index (Phi) is 4.09. The molecule has 1 atom stereocenters. The molecular formula is C15H22ClN. The van der Waals surface area contributed by atoms with Crippen LogP contribution in [0.2, 0.25) is 5.02 Å². The first-order valence-corrected chi connectivity index (χ1v) is 7.19. The lowest BCUT2D eigenvalue weighted by Crippen LogP contribution is -2.18. The predicted octanol–water partition coefficient (Wildman–Crippen LogP) is 4.76. The van der Waals surface area contributed by atoms with E-state index in [2.05, 4.69) is 26.8 Å². The van der Waals surface area contributed by atoms with Gasteiger partial charge >= 0.3 is 0 Å². The quantitative estimate of drug-likeness (QED) is 0.755. The van der Waals surface area contributed by atoms with Gasteiger partial charge in [0.2, 0.25) is 0 Å². The molecular weight excluding hydrogens is 230 g/mol. The molecule has 1 aliphatic rings. The second kappa shape index (κ2) is 5.39. The minimum Gasteiger partial charge on any atom is -0.257 e. The van der Waals surface area contributed by atoms with Crippen LogP contribution in [0, 0.1) is 5.92 Å². The van der Waals surface area contributed by atoms with Crippen LogP contribution in [0.4, 0.5) is 0 Å². The summed E-state index contributed by atoms with van der Waals surface area (Å²) in [6.45, 7) is 6.78. The smallest absolute Gasteiger partial charge is 0.0487 e. The monoisotopic (exact) mass is 251 g/mol. The summed E-state index contributed by atoms with van der Waals surface area (Å²) >= 11 is 6.41. The molecule has 1 aromatic rings. The van der Waals surface area contributed by atoms with Crippen molar-refractivity contribution in [3.8, 4) is 0 Å². The van der Waals surface area contributed by atoms with Crippen molar-refractivity contribution in [2.45, 2.75) is 58.8 Å². The number of nitrogens with zero attached hydrogens (tertiary/aromatic N) is 1. The molecule has 1 aromatic heterocycles. The summed E-state index contributed by atoms with van der Waals surface area (Å²) in [6, 6.07) is 2.08. The van der Waals surface area contributed by atoms with Gasteiger partial charge in [0, 0.05) is 22.3 Å². The second-order valence-electron chi connectivity index (χ2n) is 5.45. The van der Waals surface area contributed by atoms with Crippen molar-refractivity contribution >= 4 is 11.6 Å². The molecule has 2 rings (SSSR count). The topological polar surface area (TPSA) is 12.9 Å². The molecule has 0 bridgehead atoms. The number of aromatic nitrogens is 1. The van der Waals surface area contributed by atoms with Gasteiger partial charge in [-0.1, -0.05) is 38.8 Å². The fourth-order valence-electron chi connectivity index (χ4n) is 2.83. The molecule has 1 heterocycles. The zero-order valence-electron chi connectivity index (χ0n) is 11.1. The minimum absolute atomic E-state index is 0.605. The van der Waals surface area contributed by atoms with Crippen LogP contribution in [0.5, 0.6) is 0 Å². The number of pyridine rings is 1. The number of rotatable bonds is 3. The van der Waals surface area contributed by atoms with E-state index in [-0.39, 0.29) is 0 Å². The fourth-order valence-corrected chi connectivity index (χ4v) is 3.15. The van der Waals surface area contributed by atoms with Crippen molar-refractivity contribution in [3.05, 3.63) is 28.0 Å². The molecule has 0 amide bonds. The Morgan fingerprint density at radius 3 is 2.88 bits per heavy atom. The van der Waals surface area contributed by atoms with Crippen LogP contribution >= 0.6 is 11.6 Å². The average molecular weight is 252 g/mol. The van der Waals surface area contributed by atoms with Crippen molar-refractivity contribution in [1.29, 1.82) is 0 Å². The standard InChI is InChI=1S/C15H22ClN/c1-4-6-11-9-14(16)13-8-5-7-12(10(2)3)15(13)17-11/h9-10,12H,4-8H2,1-3H3. The highest BCUT2D eigenvalue weighted by Crippen LogP contribution is 2.38. The highest BCUT2D eigenvalue weighted by molar-refractivity contribution is 6.31. The van der Waals surface area contributed by atoms with Crippen LogP contribution in [-0.2, 0) is 12.8 Å². The first kappa shape index (κ1) is 12.9. The van der Waals surface area contributed by atoms with E-state index in [4.69, 9.17) is 16.6 Å². The summed E-state index contributed by atoms with van der Waals surface area (Å²) in [5.41, 5.74) is 3.78. The molecule has 0 saturated heterocycles. The van der Waals surface area contributed by atoms with Crippen molar-refractivity contribution in [1.82, 2.24) is 4.98 Å². The number of halogens is 1. The van der Waals surface area contributed by atoms with Gasteiger partial charge in [-0.15, -0.1) is 0 Å². The Morgan fingerprint density at radius 2 is 2.24 bits per heavy atom. The van der Waals surface area contributed by atoms with Gasteiger partial charge in [0.05, 0.1) is 0 Å². The minimum atomic E-state index is 0.605. The summed E-state index contributed by atoms with van der Waals surface area (Å²) < 4.78 is 0. The number of aryl methyl sites for hydroxylation is 1. The molecule has 0 spiro atoms. The van der Waals surface area contributed by atoms with E-state index < -0.39 is 0 Å². The van der Waals surface area contributed by atoms with Crippen molar-refractivity contribution < 1.29 is 0 Å². The summed E-state index contributed by atoms with van der Waals surface area (Å²) in [6.07, 6.45) is 5.80. The van der Waals surface area contributed by atoms with Crippen LogP contribution < -0.4 is 0 Å². The molecule has 0 fully saturated rings. The van der Waals surface area contributed by atoms with Gasteiger partial charge in [0.1, 0.15) is 0 Å². The molecule has 0 saturated carbocycles. The fraction of sp³-hybridized carbons (Fsp3) is 0.667. The molecule has 17 heavy (non-hydrogen) atoms. The maximum atomic E-state index is 6.41. The van der Waals surface area contributed by atoms with Crippen LogP contribution in [0.3, 0.4) is 0 Å². The lowest BCUT2D eigenvalue weighted by molar-refractivity contribution is 0.422. The zero-order chi connectivity index (χ0) is 12.4. The maximum Gasteiger partial charge on any atom is 0.0487 e. The lowest BCUT2D eigenvalue weighted by atomic mass is 9.80. The molecule has 0 N–H and O–H groups in total. The average Bonchev–Trinajstić information content (AvgIpc) is 2.28. The third-order valence-corrected chi connectivity index (χ3v) is 4.10. The van der Waals surface area contributed by atoms with Crippen molar-refractivity contribution in [2.24, 2.45) is 5.92 Å². The highest BCUT2D eigenvalue weighted by atomic mass is 35.5. The Labute approximate surface area is 110 Å². The normalized spacial score (nSPS) is 19.5. The Balaban J connectivity index is 2.43. The van der Waals surface area contributed by atoms with E-state index in [1.165, 1.54) is 29.8 Å². The Bertz CT molecular complexity index is 398. The summed E-state index contributed by atoms with van der Waals surface area (Å²) in [7, 11) is 0.